The van der Waals surface area contributed by atoms with E-state index in [0.717, 1.165) is 29.5 Å². The van der Waals surface area contributed by atoms with Gasteiger partial charge in [0, 0.05) is 11.6 Å². The summed E-state index contributed by atoms with van der Waals surface area (Å²) in [5.41, 5.74) is 0.171. The number of halogens is 1. The molecule has 1 aliphatic rings. The molecule has 1 atom stereocenters. The predicted octanol–water partition coefficient (Wildman–Crippen LogP) is 5.98. The minimum atomic E-state index is -0.955. The first-order valence-electron chi connectivity index (χ1n) is 15.4. The van der Waals surface area contributed by atoms with Crippen molar-refractivity contribution in [2.24, 2.45) is 4.99 Å². The number of non-ortho nitro benzene ring substituents is 1. The molecule has 4 aromatic rings. The van der Waals surface area contributed by atoms with Crippen molar-refractivity contribution < 1.29 is 38.3 Å². The van der Waals surface area contributed by atoms with Gasteiger partial charge in [0.05, 0.1) is 64.1 Å². The third-order valence-corrected chi connectivity index (χ3v) is 9.31. The first kappa shape index (κ1) is 36.7. The maximum Gasteiger partial charge on any atom is 0.338 e. The summed E-state index contributed by atoms with van der Waals surface area (Å²) >= 11 is 4.56. The number of hydrogen-bond donors (Lipinski definition) is 0. The van der Waals surface area contributed by atoms with E-state index in [4.69, 9.17) is 28.7 Å². The van der Waals surface area contributed by atoms with Crippen molar-refractivity contribution >= 4 is 50.7 Å². The maximum atomic E-state index is 14.3. The van der Waals surface area contributed by atoms with Gasteiger partial charge in [0.1, 0.15) is 17.5 Å². The molecule has 15 nitrogen and oxygen atoms in total. The number of methoxy groups -OCH3 is 3. The van der Waals surface area contributed by atoms with E-state index in [2.05, 4.69) is 15.9 Å². The number of allylic oxidation sites excluding steroid dienone is 1. The van der Waals surface area contributed by atoms with Crippen molar-refractivity contribution in [3.05, 3.63) is 115 Å². The highest BCUT2D eigenvalue weighted by atomic mass is 79.9. The van der Waals surface area contributed by atoms with Crippen LogP contribution in [-0.2, 0) is 9.53 Å². The molecule has 1 aromatic heterocycles. The average molecular weight is 784 g/mol. The summed E-state index contributed by atoms with van der Waals surface area (Å²) < 4.78 is 30.1. The number of esters is 1. The zero-order chi connectivity index (χ0) is 37.0. The number of nitro groups is 2. The lowest BCUT2D eigenvalue weighted by atomic mass is 9.93. The van der Waals surface area contributed by atoms with Crippen molar-refractivity contribution in [1.82, 2.24) is 4.57 Å². The van der Waals surface area contributed by atoms with Crippen LogP contribution in [0.4, 0.5) is 11.4 Å². The Morgan fingerprint density at radius 3 is 2.33 bits per heavy atom. The summed E-state index contributed by atoms with van der Waals surface area (Å²) in [6.07, 6.45) is 2.73. The molecule has 266 valence electrons. The van der Waals surface area contributed by atoms with Crippen LogP contribution in [0.3, 0.4) is 0 Å². The van der Waals surface area contributed by atoms with Crippen LogP contribution in [0, 0.1) is 20.2 Å². The molecule has 0 N–H and O–H groups in total. The molecule has 0 saturated heterocycles. The zero-order valence-corrected chi connectivity index (χ0v) is 30.4. The second-order valence-corrected chi connectivity index (χ2v) is 12.7. The largest absolute Gasteiger partial charge is 0.497 e. The summed E-state index contributed by atoms with van der Waals surface area (Å²) in [6, 6.07) is 10.4. The van der Waals surface area contributed by atoms with Gasteiger partial charge in [-0.25, -0.2) is 9.79 Å². The fourth-order valence-electron chi connectivity index (χ4n) is 5.50. The lowest BCUT2D eigenvalue weighted by molar-refractivity contribution is -0.394. The highest BCUT2D eigenvalue weighted by Gasteiger charge is 2.36. The summed E-state index contributed by atoms with van der Waals surface area (Å²) in [4.78, 5) is 54.4. The number of nitro benzene ring substituents is 2. The lowest BCUT2D eigenvalue weighted by Crippen LogP contribution is -2.40. The van der Waals surface area contributed by atoms with E-state index in [1.54, 1.807) is 43.3 Å². The monoisotopic (exact) mass is 782 g/mol. The minimum absolute atomic E-state index is 0.0569. The van der Waals surface area contributed by atoms with Gasteiger partial charge in [-0.05, 0) is 77.3 Å². The number of ether oxygens (including phenoxy) is 5. The molecule has 0 amide bonds. The fourth-order valence-corrected chi connectivity index (χ4v) is 7.06. The van der Waals surface area contributed by atoms with E-state index in [1.165, 1.54) is 25.9 Å². The highest BCUT2D eigenvalue weighted by Crippen LogP contribution is 2.43. The Hall–Kier alpha value is -5.55. The number of rotatable bonds is 13. The minimum Gasteiger partial charge on any atom is -0.497 e. The normalized spacial score (nSPS) is 14.0. The van der Waals surface area contributed by atoms with E-state index in [0.29, 0.717) is 50.4 Å². The Morgan fingerprint density at radius 1 is 0.980 bits per heavy atom. The molecule has 3 aromatic carbocycles. The molecule has 2 heterocycles. The van der Waals surface area contributed by atoms with Crippen molar-refractivity contribution in [2.45, 2.75) is 32.7 Å². The number of nitrogens with zero attached hydrogens (tertiary/aromatic N) is 4. The van der Waals surface area contributed by atoms with Gasteiger partial charge in [-0.15, -0.1) is 0 Å². The molecule has 0 aliphatic carbocycles. The molecule has 51 heavy (non-hydrogen) atoms. The van der Waals surface area contributed by atoms with Gasteiger partial charge in [-0.2, -0.15) is 0 Å². The second kappa shape index (κ2) is 15.6. The first-order valence-corrected chi connectivity index (χ1v) is 17.0. The van der Waals surface area contributed by atoms with Gasteiger partial charge in [-0.3, -0.25) is 29.6 Å². The van der Waals surface area contributed by atoms with Crippen LogP contribution in [0.15, 0.2) is 74.1 Å². The van der Waals surface area contributed by atoms with Gasteiger partial charge in [0.15, 0.2) is 16.3 Å². The Bertz CT molecular complexity index is 2260. The summed E-state index contributed by atoms with van der Waals surface area (Å²) in [6.45, 7) is 3.77. The van der Waals surface area contributed by atoms with Gasteiger partial charge >= 0.3 is 11.7 Å². The third kappa shape index (κ3) is 7.34. The van der Waals surface area contributed by atoms with Crippen molar-refractivity contribution in [1.29, 1.82) is 0 Å². The summed E-state index contributed by atoms with van der Waals surface area (Å²) in [5, 5.41) is 22.9. The topological polar surface area (TPSA) is 184 Å². The number of aromatic nitrogens is 1. The smallest absolute Gasteiger partial charge is 0.338 e. The Balaban J connectivity index is 1.68. The van der Waals surface area contributed by atoms with E-state index in [9.17, 15) is 29.8 Å². The highest BCUT2D eigenvalue weighted by molar-refractivity contribution is 9.10. The van der Waals surface area contributed by atoms with Crippen molar-refractivity contribution in [2.75, 3.05) is 27.9 Å². The molecular formula is C34H31BrN4O11S. The molecule has 0 spiro atoms. The molecule has 1 aliphatic heterocycles. The van der Waals surface area contributed by atoms with E-state index in [-0.39, 0.29) is 34.0 Å². The van der Waals surface area contributed by atoms with Crippen LogP contribution in [0.25, 0.3) is 6.08 Å². The standard InChI is InChI=1S/C34H31BrN4O11S/c1-6-8-23-29(33(41)49-7-2)30(21-17-20(46-3)10-12-25(21)47-4)37-32(40)28(51-34(37)36-23)15-18-13-22(35)31(27(14-18)48-5)50-26-11-9-19(38(42)43)16-24(26)39(44)45/h9-17,30H,6-8H2,1-5H3/b28-15-/t30-/m1/s1. The number of carbonyl (C=O) groups is 1. The summed E-state index contributed by atoms with van der Waals surface area (Å²) in [5.74, 6) is 0.257. The van der Waals surface area contributed by atoms with Gasteiger partial charge in [0.2, 0.25) is 5.75 Å². The average Bonchev–Trinajstić information content (AvgIpc) is 3.41. The quantitative estimate of drug-likeness (QED) is 0.0884. The second-order valence-electron chi connectivity index (χ2n) is 10.8. The predicted molar refractivity (Wildman–Crippen MR) is 190 cm³/mol. The van der Waals surface area contributed by atoms with Crippen LogP contribution < -0.4 is 33.8 Å². The molecule has 0 radical (unpaired) electrons. The third-order valence-electron chi connectivity index (χ3n) is 7.74. The zero-order valence-electron chi connectivity index (χ0n) is 28.0. The van der Waals surface area contributed by atoms with Crippen molar-refractivity contribution in [3.8, 4) is 28.7 Å². The van der Waals surface area contributed by atoms with E-state index >= 15 is 0 Å². The van der Waals surface area contributed by atoms with Crippen LogP contribution >= 0.6 is 27.3 Å². The summed E-state index contributed by atoms with van der Waals surface area (Å²) in [7, 11) is 4.37. The Kier molecular flexibility index (Phi) is 11.2. The van der Waals surface area contributed by atoms with Crippen molar-refractivity contribution in [3.63, 3.8) is 0 Å². The number of hydrogen-bond acceptors (Lipinski definition) is 13. The number of benzene rings is 3. The van der Waals surface area contributed by atoms with Gasteiger partial charge < -0.3 is 23.7 Å². The molecule has 0 fully saturated rings. The van der Waals surface area contributed by atoms with E-state index in [1.807, 2.05) is 6.92 Å². The molecule has 0 saturated carbocycles. The molecule has 17 heteroatoms. The first-order chi connectivity index (χ1) is 24.4. The number of thiazole rings is 1. The molecule has 0 bridgehead atoms. The van der Waals surface area contributed by atoms with Gasteiger partial charge in [0.25, 0.3) is 11.2 Å². The maximum absolute atomic E-state index is 14.3. The number of carbonyl (C=O) groups excluding carboxylic acids is 1. The molecular weight excluding hydrogens is 752 g/mol. The van der Waals surface area contributed by atoms with Gasteiger partial charge in [-0.1, -0.05) is 24.7 Å². The Morgan fingerprint density at radius 2 is 1.71 bits per heavy atom. The van der Waals surface area contributed by atoms with Crippen LogP contribution in [0.2, 0.25) is 0 Å². The number of fused-ring (bicyclic) bond motifs is 1. The Labute approximate surface area is 302 Å². The lowest BCUT2D eigenvalue weighted by Gasteiger charge is -2.27. The molecule has 0 unspecified atom stereocenters. The molecule has 5 rings (SSSR count). The van der Waals surface area contributed by atoms with Crippen LogP contribution in [0.5, 0.6) is 28.7 Å². The van der Waals surface area contributed by atoms with Crippen LogP contribution in [-0.4, -0.2) is 48.3 Å². The van der Waals surface area contributed by atoms with Crippen LogP contribution in [0.1, 0.15) is 43.9 Å². The SMILES string of the molecule is CCCC1=C(C(=O)OCC)[C@@H](c2cc(OC)ccc2OC)n2c(s/c(=C\c3cc(Br)c(Oc4ccc([N+](=O)[O-])cc4[N+](=O)[O-])c(OC)c3)c2=O)=N1. The fraction of sp³-hybridized carbons (Fsp3) is 0.265. The van der Waals surface area contributed by atoms with E-state index < -0.39 is 38.8 Å².